The number of halogens is 4. The molecule has 2 amide bonds. The Labute approximate surface area is 330 Å². The van der Waals surface area contributed by atoms with Gasteiger partial charge in [0.1, 0.15) is 61.6 Å². The molecule has 3 aromatic heterocycles. The van der Waals surface area contributed by atoms with E-state index in [1.165, 1.54) is 36.8 Å². The molecule has 18 heteroatoms. The van der Waals surface area contributed by atoms with Crippen LogP contribution in [0.3, 0.4) is 0 Å². The van der Waals surface area contributed by atoms with Gasteiger partial charge in [-0.25, -0.2) is 19.3 Å². The molecule has 0 radical (unpaired) electrons. The minimum atomic E-state index is -4.74. The number of rotatable bonds is 13. The number of para-hydroxylation sites is 1. The second kappa shape index (κ2) is 16.1. The standard InChI is InChI=1S/C40H43F4N7O7/c1-39(2,38-47-17-33(58-38)23-7-9-26(41)10-8-23)50-11-12-51(30(18-50)36(55)48-21-40(42,43)44,34-29-5-3-4-6-32(29)56-20-31(34)53)19-27(52)13-24(35(45)54)14-28-15-25-16-46-22-49-37(25)57-28/h3-10,15-17,22,24,27,30-31,34,52-53H,11-14,18-21H2,1-2H3,(H2-,45,48,54,55)/p+1/t24-,27-,30?,31+,34-,51?/m0/s1. The van der Waals surface area contributed by atoms with Crippen LogP contribution in [0.15, 0.2) is 82.2 Å². The molecule has 0 saturated carbocycles. The van der Waals surface area contributed by atoms with Gasteiger partial charge < -0.3 is 39.3 Å². The zero-order valence-corrected chi connectivity index (χ0v) is 31.7. The summed E-state index contributed by atoms with van der Waals surface area (Å²) < 4.78 is 72.1. The Bertz CT molecular complexity index is 2210. The summed E-state index contributed by atoms with van der Waals surface area (Å²) in [5, 5.41) is 26.4. The molecule has 2 aromatic carbocycles. The number of aliphatic hydroxyl groups is 2. The number of furan rings is 1. The molecule has 1 fully saturated rings. The smallest absolute Gasteiger partial charge is 0.405 e. The number of oxazole rings is 1. The molecule has 5 aromatic rings. The van der Waals surface area contributed by atoms with Gasteiger partial charge in [0, 0.05) is 30.6 Å². The number of aromatic nitrogens is 3. The van der Waals surface area contributed by atoms with E-state index in [2.05, 4.69) is 20.3 Å². The zero-order valence-electron chi connectivity index (χ0n) is 31.7. The fourth-order valence-corrected chi connectivity index (χ4v) is 8.39. The maximum Gasteiger partial charge on any atom is 0.405 e. The van der Waals surface area contributed by atoms with Crippen LogP contribution in [0, 0.1) is 11.7 Å². The number of quaternary nitrogens is 1. The molecule has 14 nitrogen and oxygen atoms in total. The fraction of sp³-hybridized carbons (Fsp3) is 0.425. The number of piperazine rings is 1. The maximum atomic E-state index is 14.4. The fourth-order valence-electron chi connectivity index (χ4n) is 8.39. The Morgan fingerprint density at radius 2 is 1.84 bits per heavy atom. The predicted octanol–water partition coefficient (Wildman–Crippen LogP) is 4.02. The van der Waals surface area contributed by atoms with Crippen LogP contribution in [0.5, 0.6) is 5.75 Å². The minimum absolute atomic E-state index is 0.000990. The lowest BCUT2D eigenvalue weighted by molar-refractivity contribution is -0.981. The summed E-state index contributed by atoms with van der Waals surface area (Å²) in [7, 11) is 0. The average molecular weight is 811 g/mol. The maximum absolute atomic E-state index is 14.4. The van der Waals surface area contributed by atoms with E-state index in [-0.39, 0.29) is 51.5 Å². The quantitative estimate of drug-likeness (QED) is 0.0993. The van der Waals surface area contributed by atoms with E-state index in [1.54, 1.807) is 50.4 Å². The lowest BCUT2D eigenvalue weighted by Crippen LogP contribution is -2.75. The summed E-state index contributed by atoms with van der Waals surface area (Å²) in [4.78, 5) is 41.7. The molecule has 308 valence electrons. The van der Waals surface area contributed by atoms with Crippen molar-refractivity contribution in [2.75, 3.05) is 39.3 Å². The van der Waals surface area contributed by atoms with Crippen LogP contribution in [-0.2, 0) is 21.5 Å². The van der Waals surface area contributed by atoms with E-state index in [0.717, 1.165) is 0 Å². The van der Waals surface area contributed by atoms with Gasteiger partial charge in [-0.1, -0.05) is 12.1 Å². The van der Waals surface area contributed by atoms with Crippen LogP contribution in [0.2, 0.25) is 0 Å². The number of nitrogens with two attached hydrogens (primary N) is 1. The highest BCUT2D eigenvalue weighted by molar-refractivity contribution is 5.81. The van der Waals surface area contributed by atoms with Gasteiger partial charge in [-0.15, -0.1) is 0 Å². The number of alkyl halides is 3. The van der Waals surface area contributed by atoms with Gasteiger partial charge in [-0.05, 0) is 62.7 Å². The van der Waals surface area contributed by atoms with Crippen LogP contribution in [0.1, 0.15) is 43.5 Å². The minimum Gasteiger partial charge on any atom is -0.490 e. The number of hydrogen-bond donors (Lipinski definition) is 4. The Morgan fingerprint density at radius 3 is 2.57 bits per heavy atom. The topological polar surface area (TPSA) is 190 Å². The van der Waals surface area contributed by atoms with Crippen molar-refractivity contribution in [2.45, 2.75) is 62.7 Å². The number of aliphatic hydroxyl groups excluding tert-OH is 2. The van der Waals surface area contributed by atoms with Gasteiger partial charge in [-0.3, -0.25) is 14.5 Å². The number of amides is 2. The number of hydrogen-bond acceptors (Lipinski definition) is 11. The molecule has 2 unspecified atom stereocenters. The number of benzene rings is 2. The van der Waals surface area contributed by atoms with Gasteiger partial charge >= 0.3 is 6.18 Å². The molecule has 1 saturated heterocycles. The van der Waals surface area contributed by atoms with Crippen LogP contribution in [0.25, 0.3) is 22.4 Å². The van der Waals surface area contributed by atoms with Crippen molar-refractivity contribution in [1.82, 2.24) is 25.2 Å². The Balaban J connectivity index is 1.25. The van der Waals surface area contributed by atoms with Crippen molar-refractivity contribution < 1.29 is 55.4 Å². The first kappa shape index (κ1) is 40.8. The monoisotopic (exact) mass is 810 g/mol. The second-order valence-electron chi connectivity index (χ2n) is 15.4. The lowest BCUT2D eigenvalue weighted by Gasteiger charge is -2.57. The highest BCUT2D eigenvalue weighted by Gasteiger charge is 2.58. The number of nitrogens with zero attached hydrogens (tertiary/aromatic N) is 5. The van der Waals surface area contributed by atoms with Crippen LogP contribution in [0.4, 0.5) is 17.6 Å². The molecule has 2 aliphatic rings. The molecule has 58 heavy (non-hydrogen) atoms. The van der Waals surface area contributed by atoms with Gasteiger partial charge in [0.2, 0.25) is 17.5 Å². The van der Waals surface area contributed by atoms with E-state index < -0.39 is 70.6 Å². The molecule has 7 rings (SSSR count). The number of ether oxygens (including phenoxy) is 1. The molecular weight excluding hydrogens is 766 g/mol. The average Bonchev–Trinajstić information content (AvgIpc) is 3.85. The SMILES string of the molecule is CC(C)(c1ncc(-c2ccc(F)cc2)o1)N1CC[N+](C[C@@H](O)C[C@@H](Cc2cc3cncnc3o2)C(N)=O)([C@H]2c3ccccc3OC[C@H]2O)C(C(=O)NCC(F)(F)F)C1. The van der Waals surface area contributed by atoms with Crippen molar-refractivity contribution in [3.63, 3.8) is 0 Å². The van der Waals surface area contributed by atoms with Crippen molar-refractivity contribution in [3.05, 3.63) is 96.3 Å². The number of primary amides is 1. The summed E-state index contributed by atoms with van der Waals surface area (Å²) in [6.07, 6.45) is -3.20. The molecule has 0 spiro atoms. The predicted molar refractivity (Wildman–Crippen MR) is 199 cm³/mol. The van der Waals surface area contributed by atoms with Crippen molar-refractivity contribution >= 4 is 22.9 Å². The van der Waals surface area contributed by atoms with E-state index in [9.17, 15) is 37.4 Å². The normalized spacial score (nSPS) is 22.5. The Kier molecular flexibility index (Phi) is 11.3. The Morgan fingerprint density at radius 1 is 1.09 bits per heavy atom. The molecule has 5 N–H and O–H groups in total. The number of carbonyl (C=O) groups is 2. The van der Waals surface area contributed by atoms with Gasteiger partial charge in [0.05, 0.1) is 35.8 Å². The van der Waals surface area contributed by atoms with Crippen LogP contribution in [-0.4, -0.2) is 110 Å². The number of fused-ring (bicyclic) bond motifs is 2. The first-order valence-corrected chi connectivity index (χ1v) is 18.8. The first-order valence-electron chi connectivity index (χ1n) is 18.8. The molecule has 0 bridgehead atoms. The van der Waals surface area contributed by atoms with Gasteiger partial charge in [0.25, 0.3) is 5.91 Å². The van der Waals surface area contributed by atoms with Crippen molar-refractivity contribution in [2.24, 2.45) is 11.7 Å². The van der Waals surface area contributed by atoms with E-state index in [1.807, 2.05) is 4.90 Å². The lowest BCUT2D eigenvalue weighted by atomic mass is 9.87. The van der Waals surface area contributed by atoms with E-state index in [4.69, 9.17) is 19.3 Å². The highest BCUT2D eigenvalue weighted by atomic mass is 19.4. The van der Waals surface area contributed by atoms with Gasteiger partial charge in [-0.2, -0.15) is 13.2 Å². The number of carbonyl (C=O) groups excluding carboxylic acids is 2. The first-order chi connectivity index (χ1) is 27.5. The van der Waals surface area contributed by atoms with E-state index >= 15 is 0 Å². The van der Waals surface area contributed by atoms with Crippen molar-refractivity contribution in [3.8, 4) is 17.1 Å². The summed E-state index contributed by atoms with van der Waals surface area (Å²) >= 11 is 0. The third-order valence-electron chi connectivity index (χ3n) is 11.3. The molecule has 5 heterocycles. The van der Waals surface area contributed by atoms with Gasteiger partial charge in [0.15, 0.2) is 11.8 Å². The summed E-state index contributed by atoms with van der Waals surface area (Å²) in [6, 6.07) is 11.9. The summed E-state index contributed by atoms with van der Waals surface area (Å²) in [5.41, 5.74) is 6.18. The molecule has 6 atom stereocenters. The highest BCUT2D eigenvalue weighted by Crippen LogP contribution is 2.45. The molecule has 2 aliphatic heterocycles. The van der Waals surface area contributed by atoms with Crippen molar-refractivity contribution in [1.29, 1.82) is 0 Å². The third-order valence-corrected chi connectivity index (χ3v) is 11.3. The second-order valence-corrected chi connectivity index (χ2v) is 15.4. The molecule has 0 aliphatic carbocycles. The zero-order chi connectivity index (χ0) is 41.4. The summed E-state index contributed by atoms with van der Waals surface area (Å²) in [5.74, 6) is -1.71. The van der Waals surface area contributed by atoms with E-state index in [0.29, 0.717) is 39.5 Å². The van der Waals surface area contributed by atoms with Crippen LogP contribution >= 0.6 is 0 Å². The third kappa shape index (κ3) is 8.41. The Hall–Kier alpha value is -5.43. The largest absolute Gasteiger partial charge is 0.490 e. The number of nitrogens with one attached hydrogen (secondary N) is 1. The van der Waals surface area contributed by atoms with Crippen LogP contribution < -0.4 is 15.8 Å². The molecular formula is C40H44F4N7O7+. The summed E-state index contributed by atoms with van der Waals surface area (Å²) in [6.45, 7) is 1.59.